The van der Waals surface area contributed by atoms with Gasteiger partial charge in [-0.2, -0.15) is 0 Å². The summed E-state index contributed by atoms with van der Waals surface area (Å²) >= 11 is 0. The van der Waals surface area contributed by atoms with E-state index in [2.05, 4.69) is 39.4 Å². The van der Waals surface area contributed by atoms with Crippen LogP contribution in [0.2, 0.25) is 0 Å². The summed E-state index contributed by atoms with van der Waals surface area (Å²) in [5, 5.41) is 6.75. The maximum Gasteiger partial charge on any atom is 0.191 e. The van der Waals surface area contributed by atoms with E-state index in [4.69, 9.17) is 4.74 Å². The van der Waals surface area contributed by atoms with Gasteiger partial charge in [0, 0.05) is 57.1 Å². The molecule has 1 aliphatic heterocycles. The minimum absolute atomic E-state index is 0. The van der Waals surface area contributed by atoms with Crippen LogP contribution in [0.1, 0.15) is 19.5 Å². The van der Waals surface area contributed by atoms with Crippen LogP contribution < -0.4 is 10.6 Å². The first-order chi connectivity index (χ1) is 11.2. The lowest BCUT2D eigenvalue weighted by Crippen LogP contribution is -2.53. The van der Waals surface area contributed by atoms with Gasteiger partial charge in [0.05, 0.1) is 13.2 Å². The summed E-state index contributed by atoms with van der Waals surface area (Å²) in [6.45, 7) is 8.79. The van der Waals surface area contributed by atoms with E-state index in [0.717, 1.165) is 50.9 Å². The van der Waals surface area contributed by atoms with Gasteiger partial charge in [0.1, 0.15) is 0 Å². The van der Waals surface area contributed by atoms with Crippen molar-refractivity contribution in [1.82, 2.24) is 20.5 Å². The quantitative estimate of drug-likeness (QED) is 0.394. The largest absolute Gasteiger partial charge is 0.379 e. The van der Waals surface area contributed by atoms with E-state index in [-0.39, 0.29) is 24.0 Å². The first-order valence-electron chi connectivity index (χ1n) is 8.38. The standard InChI is InChI=1S/C17H29N5O.HI/c1-14(22-10-11-23-13-15(22)2)12-21-17(18-3)20-9-7-16-6-4-5-8-19-16;/h4-6,8,14-15H,7,9-13H2,1-3H3,(H2,18,20,21);1H. The smallest absolute Gasteiger partial charge is 0.191 e. The van der Waals surface area contributed by atoms with E-state index in [0.29, 0.717) is 12.1 Å². The molecule has 1 saturated heterocycles. The molecule has 136 valence electrons. The SMILES string of the molecule is CN=C(NCCc1ccccn1)NCC(C)N1CCOCC1C.I. The Morgan fingerprint density at radius 3 is 2.96 bits per heavy atom. The molecule has 1 aromatic heterocycles. The molecule has 0 spiro atoms. The first kappa shape index (κ1) is 21.1. The minimum Gasteiger partial charge on any atom is -0.379 e. The molecule has 2 unspecified atom stereocenters. The highest BCUT2D eigenvalue weighted by molar-refractivity contribution is 14.0. The van der Waals surface area contributed by atoms with Crippen molar-refractivity contribution < 1.29 is 4.74 Å². The third-order valence-corrected chi connectivity index (χ3v) is 4.17. The number of pyridine rings is 1. The monoisotopic (exact) mass is 447 g/mol. The fourth-order valence-electron chi connectivity index (χ4n) is 2.83. The fraction of sp³-hybridized carbons (Fsp3) is 0.647. The van der Waals surface area contributed by atoms with Crippen molar-refractivity contribution in [2.45, 2.75) is 32.4 Å². The van der Waals surface area contributed by atoms with E-state index in [9.17, 15) is 0 Å². The zero-order valence-corrected chi connectivity index (χ0v) is 17.2. The van der Waals surface area contributed by atoms with Crippen LogP contribution >= 0.6 is 24.0 Å². The van der Waals surface area contributed by atoms with Gasteiger partial charge in [-0.3, -0.25) is 14.9 Å². The predicted molar refractivity (Wildman–Crippen MR) is 109 cm³/mol. The number of aromatic nitrogens is 1. The topological polar surface area (TPSA) is 61.8 Å². The Labute approximate surface area is 162 Å². The molecule has 1 aromatic rings. The molecule has 0 amide bonds. The van der Waals surface area contributed by atoms with Crippen molar-refractivity contribution >= 4 is 29.9 Å². The summed E-state index contributed by atoms with van der Waals surface area (Å²) in [7, 11) is 1.80. The molecule has 6 nitrogen and oxygen atoms in total. The van der Waals surface area contributed by atoms with Gasteiger partial charge < -0.3 is 15.4 Å². The highest BCUT2D eigenvalue weighted by Crippen LogP contribution is 2.09. The van der Waals surface area contributed by atoms with Gasteiger partial charge in [0.25, 0.3) is 0 Å². The average Bonchev–Trinajstić information content (AvgIpc) is 2.59. The summed E-state index contributed by atoms with van der Waals surface area (Å²) in [5.41, 5.74) is 1.09. The summed E-state index contributed by atoms with van der Waals surface area (Å²) in [5.74, 6) is 0.841. The normalized spacial score (nSPS) is 20.1. The first-order valence-corrected chi connectivity index (χ1v) is 8.38. The van der Waals surface area contributed by atoms with Gasteiger partial charge in [0.15, 0.2) is 5.96 Å². The molecule has 2 N–H and O–H groups in total. The molecule has 0 aliphatic carbocycles. The van der Waals surface area contributed by atoms with E-state index in [1.54, 1.807) is 7.05 Å². The van der Waals surface area contributed by atoms with Crippen molar-refractivity contribution in [2.24, 2.45) is 4.99 Å². The number of rotatable bonds is 6. The maximum absolute atomic E-state index is 5.50. The van der Waals surface area contributed by atoms with Crippen LogP contribution in [0.15, 0.2) is 29.4 Å². The average molecular weight is 447 g/mol. The van der Waals surface area contributed by atoms with Crippen LogP contribution in [-0.4, -0.2) is 67.8 Å². The van der Waals surface area contributed by atoms with Crippen molar-refractivity contribution in [1.29, 1.82) is 0 Å². The van der Waals surface area contributed by atoms with Gasteiger partial charge in [-0.1, -0.05) is 6.07 Å². The highest BCUT2D eigenvalue weighted by atomic mass is 127. The Kier molecular flexibility index (Phi) is 10.2. The van der Waals surface area contributed by atoms with Crippen LogP contribution in [0.25, 0.3) is 0 Å². The number of guanidine groups is 1. The van der Waals surface area contributed by atoms with Gasteiger partial charge in [-0.25, -0.2) is 0 Å². The molecule has 2 rings (SSSR count). The second kappa shape index (κ2) is 11.6. The zero-order chi connectivity index (χ0) is 16.5. The summed E-state index contributed by atoms with van der Waals surface area (Å²) in [4.78, 5) is 11.1. The Bertz CT molecular complexity index is 485. The fourth-order valence-corrected chi connectivity index (χ4v) is 2.83. The van der Waals surface area contributed by atoms with E-state index < -0.39 is 0 Å². The Morgan fingerprint density at radius 1 is 1.46 bits per heavy atom. The predicted octanol–water partition coefficient (Wildman–Crippen LogP) is 1.52. The molecule has 7 heteroatoms. The summed E-state index contributed by atoms with van der Waals surface area (Å²) in [6, 6.07) is 6.91. The Morgan fingerprint density at radius 2 is 2.29 bits per heavy atom. The lowest BCUT2D eigenvalue weighted by atomic mass is 10.2. The molecule has 0 bridgehead atoms. The summed E-state index contributed by atoms with van der Waals surface area (Å²) in [6.07, 6.45) is 2.71. The molecule has 24 heavy (non-hydrogen) atoms. The molecule has 1 fully saturated rings. The van der Waals surface area contributed by atoms with E-state index >= 15 is 0 Å². The van der Waals surface area contributed by atoms with Crippen LogP contribution in [0.5, 0.6) is 0 Å². The molecule has 2 atom stereocenters. The molecular weight excluding hydrogens is 417 g/mol. The molecular formula is C17H30IN5O. The van der Waals surface area contributed by atoms with Crippen molar-refractivity contribution in [3.05, 3.63) is 30.1 Å². The number of halogens is 1. The number of nitrogens with zero attached hydrogens (tertiary/aromatic N) is 3. The van der Waals surface area contributed by atoms with Crippen molar-refractivity contribution in [2.75, 3.05) is 39.9 Å². The lowest BCUT2D eigenvalue weighted by Gasteiger charge is -2.38. The molecule has 0 saturated carbocycles. The number of nitrogens with one attached hydrogen (secondary N) is 2. The maximum atomic E-state index is 5.50. The third-order valence-electron chi connectivity index (χ3n) is 4.17. The van der Waals surface area contributed by atoms with Gasteiger partial charge in [-0.15, -0.1) is 24.0 Å². The second-order valence-electron chi connectivity index (χ2n) is 5.96. The molecule has 0 radical (unpaired) electrons. The summed E-state index contributed by atoms with van der Waals surface area (Å²) < 4.78 is 5.50. The Hall–Kier alpha value is -0.930. The van der Waals surface area contributed by atoms with Crippen molar-refractivity contribution in [3.63, 3.8) is 0 Å². The molecule has 0 aromatic carbocycles. The molecule has 2 heterocycles. The third kappa shape index (κ3) is 6.90. The highest BCUT2D eigenvalue weighted by Gasteiger charge is 2.23. The van der Waals surface area contributed by atoms with Crippen LogP contribution in [0.3, 0.4) is 0 Å². The number of hydrogen-bond donors (Lipinski definition) is 2. The molecule has 1 aliphatic rings. The van der Waals surface area contributed by atoms with Crippen LogP contribution in [0.4, 0.5) is 0 Å². The van der Waals surface area contributed by atoms with Crippen LogP contribution in [0, 0.1) is 0 Å². The van der Waals surface area contributed by atoms with Crippen LogP contribution in [-0.2, 0) is 11.2 Å². The van der Waals surface area contributed by atoms with Gasteiger partial charge in [0.2, 0.25) is 0 Å². The van der Waals surface area contributed by atoms with Gasteiger partial charge >= 0.3 is 0 Å². The van der Waals surface area contributed by atoms with Gasteiger partial charge in [-0.05, 0) is 26.0 Å². The van der Waals surface area contributed by atoms with Crippen molar-refractivity contribution in [3.8, 4) is 0 Å². The van der Waals surface area contributed by atoms with E-state index in [1.165, 1.54) is 0 Å². The number of ether oxygens (including phenoxy) is 1. The Balaban J connectivity index is 0.00000288. The minimum atomic E-state index is 0. The van der Waals surface area contributed by atoms with E-state index in [1.807, 2.05) is 24.4 Å². The number of hydrogen-bond acceptors (Lipinski definition) is 4. The number of morpholine rings is 1. The lowest BCUT2D eigenvalue weighted by molar-refractivity contribution is -0.0174. The zero-order valence-electron chi connectivity index (χ0n) is 14.9. The number of aliphatic imine (C=N–C) groups is 1. The second-order valence-corrected chi connectivity index (χ2v) is 5.96.